The summed E-state index contributed by atoms with van der Waals surface area (Å²) in [4.78, 5) is 23.3. The Morgan fingerprint density at radius 1 is 1.55 bits per heavy atom. The summed E-state index contributed by atoms with van der Waals surface area (Å²) in [6.45, 7) is 0.0813. The summed E-state index contributed by atoms with van der Waals surface area (Å²) in [7, 11) is 1.79. The summed E-state index contributed by atoms with van der Waals surface area (Å²) >= 11 is 3.34. The Morgan fingerprint density at radius 3 is 3.15 bits per heavy atom. The zero-order valence-corrected chi connectivity index (χ0v) is 12.2. The Morgan fingerprint density at radius 2 is 2.40 bits per heavy atom. The SMILES string of the molecule is Cn1cccc1C(=O)OCc1nc2ncc(Br)cc2[nH]1. The molecule has 3 aromatic rings. The monoisotopic (exact) mass is 334 g/mol. The first kappa shape index (κ1) is 12.9. The molecule has 102 valence electrons. The van der Waals surface area contributed by atoms with Gasteiger partial charge in [0.15, 0.2) is 5.65 Å². The van der Waals surface area contributed by atoms with Gasteiger partial charge < -0.3 is 14.3 Å². The van der Waals surface area contributed by atoms with E-state index in [9.17, 15) is 4.79 Å². The summed E-state index contributed by atoms with van der Waals surface area (Å²) < 4.78 is 7.79. The maximum atomic E-state index is 11.9. The first-order valence-corrected chi connectivity index (χ1v) is 6.71. The van der Waals surface area contributed by atoms with Crippen LogP contribution in [0.1, 0.15) is 16.3 Å². The van der Waals surface area contributed by atoms with E-state index in [2.05, 4.69) is 30.9 Å². The van der Waals surface area contributed by atoms with Crippen LogP contribution >= 0.6 is 15.9 Å². The van der Waals surface area contributed by atoms with E-state index in [1.165, 1.54) is 0 Å². The molecule has 0 radical (unpaired) electrons. The average Bonchev–Trinajstić information content (AvgIpc) is 3.01. The lowest BCUT2D eigenvalue weighted by Crippen LogP contribution is -2.10. The van der Waals surface area contributed by atoms with Gasteiger partial charge in [0.1, 0.15) is 18.1 Å². The first-order chi connectivity index (χ1) is 9.63. The normalized spacial score (nSPS) is 10.9. The van der Waals surface area contributed by atoms with E-state index in [1.54, 1.807) is 36.1 Å². The number of H-pyrrole nitrogens is 1. The number of aromatic amines is 1. The standard InChI is InChI=1S/C13H11BrN4O2/c1-18-4-2-3-10(18)13(19)20-7-11-16-9-5-8(14)6-15-12(9)17-11/h2-6H,7H2,1H3,(H,15,16,17). The van der Waals surface area contributed by atoms with Gasteiger partial charge in [0.2, 0.25) is 0 Å². The third kappa shape index (κ3) is 2.44. The molecule has 0 saturated carbocycles. The number of hydrogen-bond acceptors (Lipinski definition) is 4. The van der Waals surface area contributed by atoms with Gasteiger partial charge in [-0.05, 0) is 34.1 Å². The summed E-state index contributed by atoms with van der Waals surface area (Å²) in [6, 6.07) is 5.37. The molecular formula is C13H11BrN4O2. The fourth-order valence-corrected chi connectivity index (χ4v) is 2.21. The Hall–Kier alpha value is -2.15. The maximum absolute atomic E-state index is 11.9. The second-order valence-electron chi connectivity index (χ2n) is 4.29. The maximum Gasteiger partial charge on any atom is 0.355 e. The molecule has 0 aliphatic carbocycles. The van der Waals surface area contributed by atoms with Crippen molar-refractivity contribution in [3.63, 3.8) is 0 Å². The van der Waals surface area contributed by atoms with Gasteiger partial charge in [0.05, 0.1) is 5.52 Å². The Balaban J connectivity index is 1.74. The minimum absolute atomic E-state index is 0.0813. The van der Waals surface area contributed by atoms with Crippen molar-refractivity contribution in [3.8, 4) is 0 Å². The number of esters is 1. The minimum atomic E-state index is -0.382. The topological polar surface area (TPSA) is 72.8 Å². The Kier molecular flexibility index (Phi) is 3.27. The predicted molar refractivity (Wildman–Crippen MR) is 76.1 cm³/mol. The van der Waals surface area contributed by atoms with Crippen LogP contribution in [-0.4, -0.2) is 25.5 Å². The second-order valence-corrected chi connectivity index (χ2v) is 5.20. The number of nitrogens with zero attached hydrogens (tertiary/aromatic N) is 3. The van der Waals surface area contributed by atoms with Gasteiger partial charge in [-0.15, -0.1) is 0 Å². The number of ether oxygens (including phenoxy) is 1. The lowest BCUT2D eigenvalue weighted by molar-refractivity contribution is 0.0452. The number of halogens is 1. The van der Waals surface area contributed by atoms with Crippen molar-refractivity contribution in [1.29, 1.82) is 0 Å². The van der Waals surface area contributed by atoms with Gasteiger partial charge in [-0.25, -0.2) is 14.8 Å². The lowest BCUT2D eigenvalue weighted by atomic mass is 10.4. The number of carbonyl (C=O) groups excluding carboxylic acids is 1. The van der Waals surface area contributed by atoms with Crippen molar-refractivity contribution in [2.45, 2.75) is 6.61 Å². The van der Waals surface area contributed by atoms with E-state index >= 15 is 0 Å². The van der Waals surface area contributed by atoms with Crippen LogP contribution in [0.4, 0.5) is 0 Å². The molecule has 7 heteroatoms. The third-order valence-electron chi connectivity index (χ3n) is 2.85. The molecule has 0 aromatic carbocycles. The molecule has 0 atom stereocenters. The molecule has 0 aliphatic heterocycles. The molecule has 0 saturated heterocycles. The van der Waals surface area contributed by atoms with Crippen molar-refractivity contribution in [1.82, 2.24) is 19.5 Å². The highest BCUT2D eigenvalue weighted by atomic mass is 79.9. The lowest BCUT2D eigenvalue weighted by Gasteiger charge is -2.03. The van der Waals surface area contributed by atoms with E-state index in [-0.39, 0.29) is 12.6 Å². The Bertz CT molecular complexity index is 778. The average molecular weight is 335 g/mol. The molecule has 6 nitrogen and oxygen atoms in total. The number of aryl methyl sites for hydroxylation is 1. The van der Waals surface area contributed by atoms with Crippen molar-refractivity contribution >= 4 is 33.1 Å². The molecule has 1 N–H and O–H groups in total. The van der Waals surface area contributed by atoms with Crippen LogP contribution in [0.25, 0.3) is 11.2 Å². The van der Waals surface area contributed by atoms with Gasteiger partial charge in [-0.3, -0.25) is 0 Å². The van der Waals surface area contributed by atoms with Gasteiger partial charge >= 0.3 is 5.97 Å². The number of aromatic nitrogens is 4. The molecule has 0 spiro atoms. The molecule has 0 fully saturated rings. The highest BCUT2D eigenvalue weighted by Crippen LogP contribution is 2.15. The zero-order valence-electron chi connectivity index (χ0n) is 10.6. The zero-order chi connectivity index (χ0) is 14.1. The summed E-state index contributed by atoms with van der Waals surface area (Å²) in [5.41, 5.74) is 1.89. The van der Waals surface area contributed by atoms with Gasteiger partial charge in [0, 0.05) is 23.9 Å². The number of fused-ring (bicyclic) bond motifs is 1. The quantitative estimate of drug-likeness (QED) is 0.746. The molecule has 0 amide bonds. The highest BCUT2D eigenvalue weighted by molar-refractivity contribution is 9.10. The van der Waals surface area contributed by atoms with Gasteiger partial charge in [-0.2, -0.15) is 0 Å². The third-order valence-corrected chi connectivity index (χ3v) is 3.28. The fraction of sp³-hybridized carbons (Fsp3) is 0.154. The summed E-state index contributed by atoms with van der Waals surface area (Å²) in [6.07, 6.45) is 3.46. The van der Waals surface area contributed by atoms with Crippen LogP contribution in [-0.2, 0) is 18.4 Å². The number of hydrogen-bond donors (Lipinski definition) is 1. The van der Waals surface area contributed by atoms with Crippen LogP contribution in [0, 0.1) is 0 Å². The molecule has 0 aliphatic rings. The van der Waals surface area contributed by atoms with E-state index < -0.39 is 0 Å². The Labute approximate surface area is 122 Å². The van der Waals surface area contributed by atoms with Crippen molar-refractivity contribution in [2.24, 2.45) is 7.05 Å². The van der Waals surface area contributed by atoms with E-state index in [1.807, 2.05) is 6.07 Å². The van der Waals surface area contributed by atoms with E-state index in [0.29, 0.717) is 17.2 Å². The number of carbonyl (C=O) groups is 1. The predicted octanol–water partition coefficient (Wildman–Crippen LogP) is 2.42. The summed E-state index contributed by atoms with van der Waals surface area (Å²) in [5, 5.41) is 0. The molecule has 20 heavy (non-hydrogen) atoms. The van der Waals surface area contributed by atoms with E-state index in [4.69, 9.17) is 4.74 Å². The van der Waals surface area contributed by atoms with Crippen LogP contribution in [0.3, 0.4) is 0 Å². The van der Waals surface area contributed by atoms with E-state index in [0.717, 1.165) is 9.99 Å². The number of rotatable bonds is 3. The fourth-order valence-electron chi connectivity index (χ4n) is 1.87. The van der Waals surface area contributed by atoms with Crippen molar-refractivity contribution in [2.75, 3.05) is 0 Å². The van der Waals surface area contributed by atoms with Crippen molar-refractivity contribution < 1.29 is 9.53 Å². The van der Waals surface area contributed by atoms with Crippen LogP contribution in [0.2, 0.25) is 0 Å². The molecule has 3 heterocycles. The number of nitrogens with one attached hydrogen (secondary N) is 1. The highest BCUT2D eigenvalue weighted by Gasteiger charge is 2.12. The molecule has 3 rings (SSSR count). The second kappa shape index (κ2) is 5.09. The minimum Gasteiger partial charge on any atom is -0.453 e. The van der Waals surface area contributed by atoms with Gasteiger partial charge in [0.25, 0.3) is 0 Å². The smallest absolute Gasteiger partial charge is 0.355 e. The molecular weight excluding hydrogens is 324 g/mol. The molecule has 0 bridgehead atoms. The van der Waals surface area contributed by atoms with Crippen LogP contribution in [0.15, 0.2) is 35.1 Å². The molecule has 0 unspecified atom stereocenters. The summed E-state index contributed by atoms with van der Waals surface area (Å²) in [5.74, 6) is 0.181. The molecule has 3 aromatic heterocycles. The van der Waals surface area contributed by atoms with Crippen molar-refractivity contribution in [3.05, 3.63) is 46.6 Å². The van der Waals surface area contributed by atoms with Crippen LogP contribution < -0.4 is 0 Å². The largest absolute Gasteiger partial charge is 0.453 e. The van der Waals surface area contributed by atoms with Gasteiger partial charge in [-0.1, -0.05) is 0 Å². The first-order valence-electron chi connectivity index (χ1n) is 5.92. The van der Waals surface area contributed by atoms with Crippen LogP contribution in [0.5, 0.6) is 0 Å². The number of imidazole rings is 1. The number of pyridine rings is 1.